The Morgan fingerprint density at radius 3 is 2.42 bits per heavy atom. The summed E-state index contributed by atoms with van der Waals surface area (Å²) in [6.07, 6.45) is 1.83. The predicted octanol–water partition coefficient (Wildman–Crippen LogP) is -0.931. The number of anilines is 1. The zero-order chi connectivity index (χ0) is 25.4. The molecule has 0 spiro atoms. The number of nitrogens with zero attached hydrogens (tertiary/aromatic N) is 3. The van der Waals surface area contributed by atoms with Crippen molar-refractivity contribution < 1.29 is 56.3 Å². The van der Waals surface area contributed by atoms with Crippen molar-refractivity contribution in [2.45, 2.75) is 30.2 Å². The van der Waals surface area contributed by atoms with Crippen LogP contribution < -0.4 is 11.4 Å². The number of hydrogen-bond donors (Lipinski definition) is 6. The number of aliphatic hydroxyl groups excluding tert-OH is 1. The number of phosphoric acid groups is 3. The summed E-state index contributed by atoms with van der Waals surface area (Å²) in [5.74, 6) is 0.650. The van der Waals surface area contributed by atoms with E-state index in [9.17, 15) is 33.4 Å². The zero-order valence-corrected chi connectivity index (χ0v) is 19.8. The monoisotopic (exact) mass is 554 g/mol. The zero-order valence-electron chi connectivity index (χ0n) is 16.3. The molecule has 1 aliphatic heterocycles. The number of hydrogen-bond acceptors (Lipinski definition) is 12. The Balaban J connectivity index is 2.32. The van der Waals surface area contributed by atoms with Crippen LogP contribution >= 0.6 is 35.1 Å². The molecule has 0 saturated carbocycles. The Morgan fingerprint density at radius 2 is 1.94 bits per heavy atom. The van der Waals surface area contributed by atoms with Gasteiger partial charge in [-0.2, -0.15) is 23.4 Å². The standard InChI is InChI=1S/C12H18ClN4O13P3/c1-3-12(13)7(5-18)9(27-10(12)17-11(19)16-8(14)4-15-17)6(2)28-32(23,24)30-33(25,26)29-31(20,21)22/h1,4,6-7,9-10,18H,5H2,2H3,(H,23,24)(H,25,26)(H2,14,16,19)(H2,20,21,22)/t6-,7?,9+,10+,12?/m0/s1. The maximum Gasteiger partial charge on any atom is 0.490 e. The van der Waals surface area contributed by atoms with Gasteiger partial charge < -0.3 is 35.2 Å². The molecule has 2 heterocycles. The first-order valence-corrected chi connectivity index (χ1v) is 13.3. The number of aliphatic hydroxyl groups is 1. The SMILES string of the molecule is C#CC1(Cl)C(CO)[C@@H]([C@H](C)OP(=O)(O)OP(=O)(O)OP(=O)(O)O)O[C@H]1n1ncc(N)nc1=O. The molecule has 0 bridgehead atoms. The van der Waals surface area contributed by atoms with E-state index in [1.54, 1.807) is 0 Å². The number of alkyl halides is 1. The highest BCUT2D eigenvalue weighted by atomic mass is 35.5. The lowest BCUT2D eigenvalue weighted by Gasteiger charge is -2.28. The third-order valence-corrected chi connectivity index (χ3v) is 8.64. The molecule has 1 aromatic rings. The molecule has 21 heteroatoms. The van der Waals surface area contributed by atoms with Gasteiger partial charge in [-0.3, -0.25) is 4.52 Å². The van der Waals surface area contributed by atoms with E-state index < -0.39 is 65.0 Å². The summed E-state index contributed by atoms with van der Waals surface area (Å²) < 4.78 is 52.5. The van der Waals surface area contributed by atoms with Crippen LogP contribution in [0.25, 0.3) is 0 Å². The van der Waals surface area contributed by atoms with Gasteiger partial charge in [0.25, 0.3) is 0 Å². The first-order chi connectivity index (χ1) is 14.9. The second-order valence-corrected chi connectivity index (χ2v) is 11.5. The lowest BCUT2D eigenvalue weighted by Crippen LogP contribution is -2.43. The summed E-state index contributed by atoms with van der Waals surface area (Å²) in [6, 6.07) is 0. The summed E-state index contributed by atoms with van der Waals surface area (Å²) >= 11 is 6.43. The van der Waals surface area contributed by atoms with E-state index in [0.29, 0.717) is 4.68 Å². The van der Waals surface area contributed by atoms with Crippen molar-refractivity contribution in [2.75, 3.05) is 12.3 Å². The van der Waals surface area contributed by atoms with Gasteiger partial charge >= 0.3 is 29.2 Å². The van der Waals surface area contributed by atoms with Crippen LogP contribution in [0.4, 0.5) is 5.82 Å². The fourth-order valence-corrected chi connectivity index (χ4v) is 6.48. The maximum absolute atomic E-state index is 12.2. The number of terminal acetylenes is 1. The molecule has 1 aromatic heterocycles. The highest BCUT2D eigenvalue weighted by molar-refractivity contribution is 7.66. The molecule has 4 unspecified atom stereocenters. The minimum Gasteiger partial charge on any atom is -0.396 e. The van der Waals surface area contributed by atoms with Gasteiger partial charge in [-0.1, -0.05) is 17.5 Å². The van der Waals surface area contributed by atoms with E-state index in [1.807, 2.05) is 0 Å². The van der Waals surface area contributed by atoms with Crippen molar-refractivity contribution in [3.05, 3.63) is 16.7 Å². The van der Waals surface area contributed by atoms with Crippen LogP contribution in [0.5, 0.6) is 0 Å². The van der Waals surface area contributed by atoms with E-state index in [2.05, 4.69) is 24.6 Å². The minimum atomic E-state index is -5.77. The van der Waals surface area contributed by atoms with Gasteiger partial charge in [-0.05, 0) is 6.92 Å². The van der Waals surface area contributed by atoms with Crippen LogP contribution in [0.15, 0.2) is 11.0 Å². The van der Waals surface area contributed by atoms with Crippen LogP contribution in [0.2, 0.25) is 0 Å². The van der Waals surface area contributed by atoms with E-state index in [1.165, 1.54) is 0 Å². The highest BCUT2D eigenvalue weighted by Gasteiger charge is 2.59. The van der Waals surface area contributed by atoms with Crippen LogP contribution in [0.3, 0.4) is 0 Å². The van der Waals surface area contributed by atoms with Gasteiger partial charge in [-0.15, -0.1) is 6.42 Å². The Hall–Kier alpha value is -1.21. The average molecular weight is 555 g/mol. The van der Waals surface area contributed by atoms with Crippen molar-refractivity contribution in [3.63, 3.8) is 0 Å². The van der Waals surface area contributed by atoms with Crippen LogP contribution in [0, 0.1) is 18.3 Å². The molecular weight excluding hydrogens is 537 g/mol. The topological polar surface area (TPSA) is 263 Å². The van der Waals surface area contributed by atoms with Crippen molar-refractivity contribution in [1.29, 1.82) is 0 Å². The van der Waals surface area contributed by atoms with Crippen LogP contribution in [-0.4, -0.2) is 63.1 Å². The fourth-order valence-electron chi connectivity index (χ4n) is 2.94. The number of ether oxygens (including phenoxy) is 1. The smallest absolute Gasteiger partial charge is 0.396 e. The molecule has 186 valence electrons. The molecule has 0 amide bonds. The van der Waals surface area contributed by atoms with E-state index >= 15 is 0 Å². The molecule has 0 aromatic carbocycles. The van der Waals surface area contributed by atoms with Crippen LogP contribution in [-0.2, 0) is 31.6 Å². The lowest BCUT2D eigenvalue weighted by atomic mass is 9.87. The quantitative estimate of drug-likeness (QED) is 0.122. The van der Waals surface area contributed by atoms with Gasteiger partial charge in [0.15, 0.2) is 11.1 Å². The Bertz CT molecular complexity index is 1140. The van der Waals surface area contributed by atoms with E-state index in [0.717, 1.165) is 13.1 Å². The third kappa shape index (κ3) is 6.68. The molecule has 17 nitrogen and oxygen atoms in total. The first-order valence-electron chi connectivity index (χ1n) is 8.41. The van der Waals surface area contributed by atoms with Crippen molar-refractivity contribution in [3.8, 4) is 12.3 Å². The lowest BCUT2D eigenvalue weighted by molar-refractivity contribution is -0.0708. The molecule has 2 rings (SSSR count). The summed E-state index contributed by atoms with van der Waals surface area (Å²) in [6.45, 7) is 0.287. The average Bonchev–Trinajstić information content (AvgIpc) is 2.91. The van der Waals surface area contributed by atoms with Crippen molar-refractivity contribution in [2.24, 2.45) is 5.92 Å². The molecule has 1 saturated heterocycles. The Morgan fingerprint density at radius 1 is 1.33 bits per heavy atom. The number of nitrogens with two attached hydrogens (primary N) is 1. The fraction of sp³-hybridized carbons (Fsp3) is 0.583. The molecule has 0 aliphatic carbocycles. The number of rotatable bonds is 9. The molecular formula is C12H18ClN4O13P3. The maximum atomic E-state index is 12.2. The normalized spacial score (nSPS) is 30.2. The van der Waals surface area contributed by atoms with Gasteiger partial charge in [0.1, 0.15) is 5.82 Å². The highest BCUT2D eigenvalue weighted by Crippen LogP contribution is 2.67. The second kappa shape index (κ2) is 9.80. The molecule has 33 heavy (non-hydrogen) atoms. The van der Waals surface area contributed by atoms with Crippen molar-refractivity contribution in [1.82, 2.24) is 14.8 Å². The number of aromatic nitrogens is 3. The second-order valence-electron chi connectivity index (χ2n) is 6.46. The Kier molecular flexibility index (Phi) is 8.33. The van der Waals surface area contributed by atoms with Gasteiger partial charge in [0.05, 0.1) is 25.0 Å². The van der Waals surface area contributed by atoms with Gasteiger partial charge in [-0.25, -0.2) is 18.5 Å². The number of halogens is 1. The third-order valence-electron chi connectivity index (χ3n) is 4.13. The Labute approximate surface area is 189 Å². The molecule has 1 aliphatic rings. The summed E-state index contributed by atoms with van der Waals surface area (Å²) in [5, 5.41) is 13.6. The van der Waals surface area contributed by atoms with E-state index in [-0.39, 0.29) is 5.82 Å². The van der Waals surface area contributed by atoms with Gasteiger partial charge in [0.2, 0.25) is 0 Å². The van der Waals surface area contributed by atoms with Gasteiger partial charge in [0, 0.05) is 5.92 Å². The summed E-state index contributed by atoms with van der Waals surface area (Å²) in [4.78, 5) is 49.8. The molecule has 0 radical (unpaired) electrons. The number of phosphoric ester groups is 1. The first kappa shape index (κ1) is 28.0. The number of nitrogen functional groups attached to an aromatic ring is 1. The summed E-state index contributed by atoms with van der Waals surface area (Å²) in [7, 11) is -16.9. The summed E-state index contributed by atoms with van der Waals surface area (Å²) in [5.41, 5.74) is 4.35. The molecule has 7 atom stereocenters. The largest absolute Gasteiger partial charge is 0.490 e. The minimum absolute atomic E-state index is 0.230. The molecule has 1 fully saturated rings. The van der Waals surface area contributed by atoms with Crippen molar-refractivity contribution >= 4 is 40.9 Å². The predicted molar refractivity (Wildman–Crippen MR) is 107 cm³/mol. The molecule has 7 N–H and O–H groups in total. The van der Waals surface area contributed by atoms with Crippen LogP contribution in [0.1, 0.15) is 13.2 Å². The van der Waals surface area contributed by atoms with E-state index in [4.69, 9.17) is 42.8 Å².